The highest BCUT2D eigenvalue weighted by Crippen LogP contribution is 2.27. The van der Waals surface area contributed by atoms with Crippen molar-refractivity contribution in [3.63, 3.8) is 0 Å². The van der Waals surface area contributed by atoms with E-state index in [4.69, 9.17) is 0 Å². The normalized spacial score (nSPS) is 11.3. The molecular formula is C26H27N3O. The molecule has 0 radical (unpaired) electrons. The van der Waals surface area contributed by atoms with Crippen LogP contribution in [0.15, 0.2) is 48.0 Å². The Morgan fingerprint density at radius 2 is 1.57 bits per heavy atom. The third-order valence-corrected chi connectivity index (χ3v) is 5.65. The number of nitrogens with one attached hydrogen (secondary N) is 1. The van der Waals surface area contributed by atoms with Gasteiger partial charge >= 0.3 is 0 Å². The fourth-order valence-electron chi connectivity index (χ4n) is 3.82. The number of para-hydroxylation sites is 1. The Labute approximate surface area is 178 Å². The SMILES string of the molecule is Cc1cccc(NC(=O)/C(C#N)=C\c2cc(C)n(-c3c(C)cccc3C)c2C)c1C. The monoisotopic (exact) mass is 397 g/mol. The minimum atomic E-state index is -0.400. The van der Waals surface area contributed by atoms with E-state index >= 15 is 0 Å². The standard InChI is InChI=1S/C26H27N3O/c1-16-9-8-12-24(20(16)5)28-26(30)23(15-27)14-22-13-19(4)29(21(22)6)25-17(2)10-7-11-18(25)3/h7-14H,1-6H3,(H,28,30)/b23-14-. The number of rotatable bonds is 4. The Bertz CT molecular complexity index is 1190. The quantitative estimate of drug-likeness (QED) is 0.442. The van der Waals surface area contributed by atoms with Crippen LogP contribution in [0.2, 0.25) is 0 Å². The lowest BCUT2D eigenvalue weighted by Gasteiger charge is -2.15. The van der Waals surface area contributed by atoms with Gasteiger partial charge in [-0.1, -0.05) is 30.3 Å². The highest BCUT2D eigenvalue weighted by Gasteiger charge is 2.16. The number of hydrogen-bond donors (Lipinski definition) is 1. The van der Waals surface area contributed by atoms with Crippen molar-refractivity contribution < 1.29 is 4.79 Å². The van der Waals surface area contributed by atoms with Gasteiger partial charge in [-0.2, -0.15) is 5.26 Å². The van der Waals surface area contributed by atoms with Crippen LogP contribution in [0.1, 0.15) is 39.2 Å². The van der Waals surface area contributed by atoms with Crippen LogP contribution in [0.4, 0.5) is 5.69 Å². The summed E-state index contributed by atoms with van der Waals surface area (Å²) >= 11 is 0. The first-order valence-electron chi connectivity index (χ1n) is 9.99. The summed E-state index contributed by atoms with van der Waals surface area (Å²) in [4.78, 5) is 12.8. The Kier molecular flexibility index (Phi) is 5.94. The van der Waals surface area contributed by atoms with Crippen molar-refractivity contribution in [2.45, 2.75) is 41.5 Å². The first-order chi connectivity index (χ1) is 14.2. The number of nitriles is 1. The van der Waals surface area contributed by atoms with Crippen LogP contribution < -0.4 is 5.32 Å². The molecule has 1 amide bonds. The molecule has 0 aliphatic rings. The molecule has 0 aliphatic heterocycles. The molecule has 0 unspecified atom stereocenters. The van der Waals surface area contributed by atoms with Crippen LogP contribution in [-0.4, -0.2) is 10.5 Å². The summed E-state index contributed by atoms with van der Waals surface area (Å²) in [7, 11) is 0. The molecule has 0 aliphatic carbocycles. The molecule has 1 aromatic heterocycles. The van der Waals surface area contributed by atoms with Crippen LogP contribution >= 0.6 is 0 Å². The molecule has 3 rings (SSSR count). The number of nitrogens with zero attached hydrogens (tertiary/aromatic N) is 2. The van der Waals surface area contributed by atoms with Crippen LogP contribution in [0, 0.1) is 52.9 Å². The van der Waals surface area contributed by atoms with E-state index in [-0.39, 0.29) is 5.57 Å². The number of carbonyl (C=O) groups is 1. The predicted molar refractivity (Wildman–Crippen MR) is 123 cm³/mol. The lowest BCUT2D eigenvalue weighted by Crippen LogP contribution is -2.14. The highest BCUT2D eigenvalue weighted by molar-refractivity contribution is 6.10. The van der Waals surface area contributed by atoms with Gasteiger partial charge in [0.05, 0.1) is 5.69 Å². The van der Waals surface area contributed by atoms with Gasteiger partial charge in [0.2, 0.25) is 0 Å². The third kappa shape index (κ3) is 3.92. The summed E-state index contributed by atoms with van der Waals surface area (Å²) in [5.41, 5.74) is 9.32. The van der Waals surface area contributed by atoms with Crippen LogP contribution in [0.5, 0.6) is 0 Å². The molecule has 2 aromatic carbocycles. The lowest BCUT2D eigenvalue weighted by molar-refractivity contribution is -0.112. The second kappa shape index (κ2) is 8.42. The summed E-state index contributed by atoms with van der Waals surface area (Å²) < 4.78 is 2.19. The molecule has 152 valence electrons. The zero-order chi connectivity index (χ0) is 22.0. The predicted octanol–water partition coefficient (Wildman–Crippen LogP) is 5.87. The van der Waals surface area contributed by atoms with Gasteiger partial charge in [0.1, 0.15) is 11.6 Å². The molecule has 0 saturated heterocycles. The van der Waals surface area contributed by atoms with E-state index in [9.17, 15) is 10.1 Å². The largest absolute Gasteiger partial charge is 0.321 e. The summed E-state index contributed by atoms with van der Waals surface area (Å²) in [5.74, 6) is -0.400. The van der Waals surface area contributed by atoms with Gasteiger partial charge in [-0.15, -0.1) is 0 Å². The summed E-state index contributed by atoms with van der Waals surface area (Å²) in [6.07, 6.45) is 1.67. The van der Waals surface area contributed by atoms with Crippen molar-refractivity contribution in [2.75, 3.05) is 5.32 Å². The van der Waals surface area contributed by atoms with Gasteiger partial charge < -0.3 is 9.88 Å². The molecule has 1 N–H and O–H groups in total. The maximum absolute atomic E-state index is 12.8. The van der Waals surface area contributed by atoms with Gasteiger partial charge in [-0.25, -0.2) is 0 Å². The minimum Gasteiger partial charge on any atom is -0.321 e. The van der Waals surface area contributed by atoms with Gasteiger partial charge in [0.25, 0.3) is 5.91 Å². The zero-order valence-electron chi connectivity index (χ0n) is 18.4. The van der Waals surface area contributed by atoms with Crippen LogP contribution in [0.25, 0.3) is 11.8 Å². The van der Waals surface area contributed by atoms with Crippen molar-refractivity contribution in [1.82, 2.24) is 4.57 Å². The van der Waals surface area contributed by atoms with Gasteiger partial charge in [-0.3, -0.25) is 4.79 Å². The van der Waals surface area contributed by atoms with E-state index in [0.717, 1.165) is 39.5 Å². The van der Waals surface area contributed by atoms with E-state index in [1.807, 2.05) is 52.0 Å². The lowest BCUT2D eigenvalue weighted by atomic mass is 10.1. The molecule has 30 heavy (non-hydrogen) atoms. The molecule has 0 saturated carbocycles. The maximum atomic E-state index is 12.8. The van der Waals surface area contributed by atoms with E-state index in [1.165, 1.54) is 11.1 Å². The Balaban J connectivity index is 2.00. The summed E-state index contributed by atoms with van der Waals surface area (Å²) in [6.45, 7) is 12.2. The first kappa shape index (κ1) is 21.1. The van der Waals surface area contributed by atoms with Crippen molar-refractivity contribution in [2.24, 2.45) is 0 Å². The first-order valence-corrected chi connectivity index (χ1v) is 9.99. The van der Waals surface area contributed by atoms with Crippen molar-refractivity contribution in [3.8, 4) is 11.8 Å². The van der Waals surface area contributed by atoms with E-state index in [1.54, 1.807) is 6.08 Å². The molecule has 4 heteroatoms. The molecule has 1 heterocycles. The zero-order valence-corrected chi connectivity index (χ0v) is 18.4. The molecule has 0 spiro atoms. The Morgan fingerprint density at radius 1 is 0.967 bits per heavy atom. The van der Waals surface area contributed by atoms with Crippen molar-refractivity contribution in [3.05, 3.63) is 87.2 Å². The average molecular weight is 398 g/mol. The third-order valence-electron chi connectivity index (χ3n) is 5.65. The van der Waals surface area contributed by atoms with E-state index < -0.39 is 5.91 Å². The number of aromatic nitrogens is 1. The molecule has 0 atom stereocenters. The molecule has 0 fully saturated rings. The highest BCUT2D eigenvalue weighted by atomic mass is 16.1. The maximum Gasteiger partial charge on any atom is 0.266 e. The number of aryl methyl sites for hydroxylation is 4. The van der Waals surface area contributed by atoms with Gasteiger partial charge in [0.15, 0.2) is 0 Å². The van der Waals surface area contributed by atoms with E-state index in [2.05, 4.69) is 48.0 Å². The average Bonchev–Trinajstić information content (AvgIpc) is 2.97. The second-order valence-electron chi connectivity index (χ2n) is 7.77. The Morgan fingerprint density at radius 3 is 2.20 bits per heavy atom. The van der Waals surface area contributed by atoms with E-state index in [0.29, 0.717) is 0 Å². The smallest absolute Gasteiger partial charge is 0.266 e. The van der Waals surface area contributed by atoms with Gasteiger partial charge in [-0.05, 0) is 87.6 Å². The van der Waals surface area contributed by atoms with Crippen molar-refractivity contribution in [1.29, 1.82) is 5.26 Å². The molecule has 4 nitrogen and oxygen atoms in total. The molecular weight excluding hydrogens is 370 g/mol. The van der Waals surface area contributed by atoms with Gasteiger partial charge in [0, 0.05) is 17.1 Å². The fraction of sp³-hybridized carbons (Fsp3) is 0.231. The van der Waals surface area contributed by atoms with Crippen LogP contribution in [-0.2, 0) is 4.79 Å². The number of carbonyl (C=O) groups excluding carboxylic acids is 1. The number of amides is 1. The number of benzene rings is 2. The fourth-order valence-corrected chi connectivity index (χ4v) is 3.82. The Hall–Kier alpha value is -3.58. The second-order valence-corrected chi connectivity index (χ2v) is 7.77. The minimum absolute atomic E-state index is 0.0812. The summed E-state index contributed by atoms with van der Waals surface area (Å²) in [6, 6.07) is 16.1. The topological polar surface area (TPSA) is 57.8 Å². The summed E-state index contributed by atoms with van der Waals surface area (Å²) in [5, 5.41) is 12.5. The van der Waals surface area contributed by atoms with Crippen molar-refractivity contribution >= 4 is 17.7 Å². The molecule has 3 aromatic rings. The number of anilines is 1. The van der Waals surface area contributed by atoms with Crippen LogP contribution in [0.3, 0.4) is 0 Å². The number of hydrogen-bond acceptors (Lipinski definition) is 2. The molecule has 0 bridgehead atoms.